The van der Waals surface area contributed by atoms with Crippen LogP contribution in [0, 0.1) is 17.0 Å². The third-order valence-corrected chi connectivity index (χ3v) is 4.36. The van der Waals surface area contributed by atoms with Crippen LogP contribution in [0.1, 0.15) is 37.0 Å². The highest BCUT2D eigenvalue weighted by Gasteiger charge is 2.26. The Balaban J connectivity index is 1.93. The predicted molar refractivity (Wildman–Crippen MR) is 112 cm³/mol. The zero-order valence-corrected chi connectivity index (χ0v) is 17.2. The summed E-state index contributed by atoms with van der Waals surface area (Å²) in [4.78, 5) is 38.7. The fraction of sp³-hybridized carbons (Fsp3) is 0.227. The van der Waals surface area contributed by atoms with Gasteiger partial charge in [0.1, 0.15) is 0 Å². The molecule has 0 spiro atoms. The number of cyclic esters (lactones) is 1. The first-order chi connectivity index (χ1) is 14.8. The highest BCUT2D eigenvalue weighted by molar-refractivity contribution is 6.13. The second kappa shape index (κ2) is 9.21. The average molecular weight is 424 g/mol. The molecule has 0 fully saturated rings. The molecule has 3 rings (SSSR count). The summed E-state index contributed by atoms with van der Waals surface area (Å²) in [5.74, 6) is -0.465. The van der Waals surface area contributed by atoms with Gasteiger partial charge in [0.25, 0.3) is 5.69 Å². The number of benzene rings is 2. The maximum absolute atomic E-state index is 12.3. The first-order valence-corrected chi connectivity index (χ1v) is 9.57. The van der Waals surface area contributed by atoms with E-state index in [1.165, 1.54) is 12.1 Å². The van der Waals surface area contributed by atoms with E-state index in [4.69, 9.17) is 14.2 Å². The number of nitrogens with zero attached hydrogens (tertiary/aromatic N) is 2. The molecule has 1 aliphatic heterocycles. The van der Waals surface area contributed by atoms with Crippen molar-refractivity contribution in [2.75, 3.05) is 6.61 Å². The molecule has 0 atom stereocenters. The topological polar surface area (TPSA) is 117 Å². The molecule has 0 radical (unpaired) electrons. The van der Waals surface area contributed by atoms with Crippen molar-refractivity contribution in [3.8, 4) is 11.5 Å². The van der Waals surface area contributed by atoms with Crippen molar-refractivity contribution in [3.05, 3.63) is 68.9 Å². The van der Waals surface area contributed by atoms with Gasteiger partial charge in [-0.3, -0.25) is 14.9 Å². The number of rotatable bonds is 7. The molecule has 0 unspecified atom stereocenters. The van der Waals surface area contributed by atoms with Gasteiger partial charge in [-0.1, -0.05) is 19.1 Å². The number of carbonyl (C=O) groups excluding carboxylic acids is 2. The molecule has 2 aromatic carbocycles. The van der Waals surface area contributed by atoms with Crippen LogP contribution < -0.4 is 9.47 Å². The minimum atomic E-state index is -0.683. The minimum Gasteiger partial charge on any atom is -0.490 e. The Morgan fingerprint density at radius 2 is 1.97 bits per heavy atom. The molecular formula is C22H20N2O7. The van der Waals surface area contributed by atoms with Gasteiger partial charge < -0.3 is 14.2 Å². The number of esters is 2. The standard InChI is InChI=1S/C22H20N2O7/c1-4-20(25)30-18-9-7-14(11-19(18)29-5-2)10-16-22(26)31-21(23-16)15-8-6-13(3)17(12-15)24(27)28/h6-12H,4-5H2,1-3H3/b16-10+. The van der Waals surface area contributed by atoms with Crippen LogP contribution in [-0.4, -0.2) is 29.4 Å². The lowest BCUT2D eigenvalue weighted by Gasteiger charge is -2.10. The maximum atomic E-state index is 12.3. The van der Waals surface area contributed by atoms with Gasteiger partial charge in [-0.25, -0.2) is 9.79 Å². The summed E-state index contributed by atoms with van der Waals surface area (Å²) in [6.45, 7) is 5.45. The van der Waals surface area contributed by atoms with Crippen molar-refractivity contribution in [2.45, 2.75) is 27.2 Å². The molecule has 0 aliphatic carbocycles. The lowest BCUT2D eigenvalue weighted by atomic mass is 10.1. The second-order valence-corrected chi connectivity index (χ2v) is 6.56. The molecule has 2 aromatic rings. The summed E-state index contributed by atoms with van der Waals surface area (Å²) in [7, 11) is 0. The molecule has 0 amide bonds. The zero-order valence-electron chi connectivity index (χ0n) is 17.2. The highest BCUT2D eigenvalue weighted by atomic mass is 16.6. The Morgan fingerprint density at radius 3 is 2.65 bits per heavy atom. The van der Waals surface area contributed by atoms with E-state index >= 15 is 0 Å². The molecule has 9 nitrogen and oxygen atoms in total. The molecule has 1 heterocycles. The smallest absolute Gasteiger partial charge is 0.363 e. The van der Waals surface area contributed by atoms with Crippen LogP contribution in [0.3, 0.4) is 0 Å². The summed E-state index contributed by atoms with van der Waals surface area (Å²) in [6.07, 6.45) is 1.71. The Labute approximate surface area is 178 Å². The Morgan fingerprint density at radius 1 is 1.19 bits per heavy atom. The minimum absolute atomic E-state index is 0.0159. The predicted octanol–water partition coefficient (Wildman–Crippen LogP) is 3.96. The molecule has 0 aromatic heterocycles. The van der Waals surface area contributed by atoms with Crippen LogP contribution >= 0.6 is 0 Å². The van der Waals surface area contributed by atoms with E-state index in [9.17, 15) is 19.7 Å². The highest BCUT2D eigenvalue weighted by Crippen LogP contribution is 2.31. The van der Waals surface area contributed by atoms with Crippen LogP contribution in [0.4, 0.5) is 5.69 Å². The van der Waals surface area contributed by atoms with E-state index in [1.807, 2.05) is 0 Å². The monoisotopic (exact) mass is 424 g/mol. The molecule has 0 saturated carbocycles. The van der Waals surface area contributed by atoms with E-state index in [0.717, 1.165) is 0 Å². The molecule has 31 heavy (non-hydrogen) atoms. The Hall–Kier alpha value is -4.01. The summed E-state index contributed by atoms with van der Waals surface area (Å²) < 4.78 is 16.0. The van der Waals surface area contributed by atoms with E-state index in [0.29, 0.717) is 29.0 Å². The summed E-state index contributed by atoms with van der Waals surface area (Å²) >= 11 is 0. The maximum Gasteiger partial charge on any atom is 0.363 e. The molecular weight excluding hydrogens is 404 g/mol. The molecule has 1 aliphatic rings. The number of aryl methyl sites for hydroxylation is 1. The number of ether oxygens (including phenoxy) is 3. The molecule has 0 saturated heterocycles. The first kappa shape index (κ1) is 21.7. The third-order valence-electron chi connectivity index (χ3n) is 4.36. The van der Waals surface area contributed by atoms with Gasteiger partial charge in [-0.2, -0.15) is 0 Å². The number of nitro groups is 1. The van der Waals surface area contributed by atoms with E-state index in [1.54, 1.807) is 51.1 Å². The SMILES string of the molecule is CCOc1cc(/C=C2/N=C(c3ccc(C)c([N+](=O)[O-])c3)OC2=O)ccc1OC(=O)CC. The van der Waals surface area contributed by atoms with Crippen LogP contribution in [0.2, 0.25) is 0 Å². The first-order valence-electron chi connectivity index (χ1n) is 9.57. The van der Waals surface area contributed by atoms with Gasteiger partial charge in [0.05, 0.1) is 11.5 Å². The van der Waals surface area contributed by atoms with E-state index in [-0.39, 0.29) is 29.5 Å². The number of aliphatic imine (C=N–C) groups is 1. The van der Waals surface area contributed by atoms with E-state index in [2.05, 4.69) is 4.99 Å². The molecule has 9 heteroatoms. The number of hydrogen-bond acceptors (Lipinski definition) is 8. The van der Waals surface area contributed by atoms with Crippen molar-refractivity contribution in [1.29, 1.82) is 0 Å². The van der Waals surface area contributed by atoms with Crippen molar-refractivity contribution in [2.24, 2.45) is 4.99 Å². The lowest BCUT2D eigenvalue weighted by molar-refractivity contribution is -0.385. The van der Waals surface area contributed by atoms with Gasteiger partial charge in [0, 0.05) is 23.6 Å². The summed E-state index contributed by atoms with van der Waals surface area (Å²) in [5.41, 5.74) is 1.32. The largest absolute Gasteiger partial charge is 0.490 e. The Kier molecular flexibility index (Phi) is 6.44. The van der Waals surface area contributed by atoms with Gasteiger partial charge in [0.2, 0.25) is 5.90 Å². The fourth-order valence-corrected chi connectivity index (χ4v) is 2.79. The van der Waals surface area contributed by atoms with Crippen molar-refractivity contribution >= 4 is 29.6 Å². The normalized spacial score (nSPS) is 14.2. The zero-order chi connectivity index (χ0) is 22.5. The number of hydrogen-bond donors (Lipinski definition) is 0. The van der Waals surface area contributed by atoms with Crippen LogP contribution in [0.5, 0.6) is 11.5 Å². The lowest BCUT2D eigenvalue weighted by Crippen LogP contribution is -2.07. The second-order valence-electron chi connectivity index (χ2n) is 6.56. The van der Waals surface area contributed by atoms with Crippen LogP contribution in [-0.2, 0) is 14.3 Å². The summed E-state index contributed by atoms with van der Waals surface area (Å²) in [6, 6.07) is 9.31. The average Bonchev–Trinajstić information content (AvgIpc) is 3.10. The number of nitro benzene ring substituents is 1. The van der Waals surface area contributed by atoms with Gasteiger partial charge in [-0.05, 0) is 43.7 Å². The fourth-order valence-electron chi connectivity index (χ4n) is 2.79. The molecule has 160 valence electrons. The van der Waals surface area contributed by atoms with E-state index < -0.39 is 16.9 Å². The summed E-state index contributed by atoms with van der Waals surface area (Å²) in [5, 5.41) is 11.2. The van der Waals surface area contributed by atoms with Crippen molar-refractivity contribution in [3.63, 3.8) is 0 Å². The number of carbonyl (C=O) groups is 2. The quantitative estimate of drug-likeness (QED) is 0.217. The van der Waals surface area contributed by atoms with Gasteiger partial charge >= 0.3 is 11.9 Å². The Bertz CT molecular complexity index is 1120. The third kappa shape index (κ3) is 4.95. The van der Waals surface area contributed by atoms with Crippen LogP contribution in [0.15, 0.2) is 47.1 Å². The van der Waals surface area contributed by atoms with Crippen LogP contribution in [0.25, 0.3) is 6.08 Å². The van der Waals surface area contributed by atoms with Crippen molar-refractivity contribution in [1.82, 2.24) is 0 Å². The molecule has 0 bridgehead atoms. The molecule has 0 N–H and O–H groups in total. The van der Waals surface area contributed by atoms with Gasteiger partial charge in [0.15, 0.2) is 17.2 Å². The van der Waals surface area contributed by atoms with Crippen molar-refractivity contribution < 1.29 is 28.7 Å². The van der Waals surface area contributed by atoms with Gasteiger partial charge in [-0.15, -0.1) is 0 Å².